The average Bonchev–Trinajstić information content (AvgIpc) is 3.33. The summed E-state index contributed by atoms with van der Waals surface area (Å²) in [6, 6.07) is 3.98. The Labute approximate surface area is 221 Å². The van der Waals surface area contributed by atoms with Gasteiger partial charge in [-0.1, -0.05) is 13.8 Å². The molecule has 11 heteroatoms. The monoisotopic (exact) mass is 529 g/mol. The van der Waals surface area contributed by atoms with E-state index >= 15 is 0 Å². The molecular weight excluding hydrogens is 493 g/mol. The van der Waals surface area contributed by atoms with Gasteiger partial charge < -0.3 is 30.7 Å². The molecule has 0 aliphatic carbocycles. The molecule has 38 heavy (non-hydrogen) atoms. The molecule has 0 unspecified atom stereocenters. The van der Waals surface area contributed by atoms with E-state index in [1.807, 2.05) is 0 Å². The van der Waals surface area contributed by atoms with Gasteiger partial charge in [0.2, 0.25) is 0 Å². The van der Waals surface area contributed by atoms with E-state index in [1.165, 1.54) is 28.8 Å². The number of anilines is 1. The molecule has 10 nitrogen and oxygen atoms in total. The maximum Gasteiger partial charge on any atom is 0.418 e. The van der Waals surface area contributed by atoms with Crippen molar-refractivity contribution < 1.29 is 28.2 Å². The van der Waals surface area contributed by atoms with E-state index in [2.05, 4.69) is 29.4 Å². The van der Waals surface area contributed by atoms with Gasteiger partial charge in [-0.3, -0.25) is 9.59 Å². The lowest BCUT2D eigenvalue weighted by atomic mass is 10.0. The number of carbonyl (C=O) groups excluding carboxylic acids is 3. The van der Waals surface area contributed by atoms with E-state index in [1.54, 1.807) is 13.8 Å². The first-order valence-electron chi connectivity index (χ1n) is 12.7. The second kappa shape index (κ2) is 13.3. The fraction of sp³-hybridized carbons (Fsp3) is 0.444. The topological polar surface area (TPSA) is 128 Å². The van der Waals surface area contributed by atoms with Gasteiger partial charge in [0.05, 0.1) is 30.0 Å². The van der Waals surface area contributed by atoms with Crippen LogP contribution in [0.4, 0.5) is 14.9 Å². The van der Waals surface area contributed by atoms with Crippen molar-refractivity contribution in [2.24, 2.45) is 5.73 Å². The van der Waals surface area contributed by atoms with Gasteiger partial charge in [0.25, 0.3) is 11.8 Å². The van der Waals surface area contributed by atoms with Crippen molar-refractivity contribution in [2.75, 3.05) is 57.9 Å². The number of likely N-dealkylation sites (N-methyl/N-ethyl adjacent to an activating group) is 1. The van der Waals surface area contributed by atoms with Crippen LogP contribution in [-0.4, -0.2) is 79.9 Å². The Morgan fingerprint density at radius 3 is 2.61 bits per heavy atom. The molecule has 0 bridgehead atoms. The number of benzene rings is 1. The van der Waals surface area contributed by atoms with Crippen molar-refractivity contribution in [2.45, 2.75) is 27.7 Å². The van der Waals surface area contributed by atoms with Crippen LogP contribution >= 0.6 is 0 Å². The van der Waals surface area contributed by atoms with Crippen molar-refractivity contribution in [1.29, 1.82) is 0 Å². The van der Waals surface area contributed by atoms with Crippen LogP contribution in [0.2, 0.25) is 0 Å². The molecule has 0 radical (unpaired) electrons. The largest absolute Gasteiger partial charge is 0.446 e. The summed E-state index contributed by atoms with van der Waals surface area (Å²) in [6.45, 7) is 11.1. The van der Waals surface area contributed by atoms with Crippen molar-refractivity contribution in [3.63, 3.8) is 0 Å². The number of nitrogens with zero attached hydrogens (tertiary/aromatic N) is 2. The first kappa shape index (κ1) is 29.0. The summed E-state index contributed by atoms with van der Waals surface area (Å²) < 4.78 is 25.9. The number of nitrogens with two attached hydrogens (primary N) is 1. The summed E-state index contributed by atoms with van der Waals surface area (Å²) in [5.74, 6) is -1.28. The Bertz CT molecular complexity index is 1220. The van der Waals surface area contributed by atoms with Crippen LogP contribution in [0.1, 0.15) is 46.7 Å². The number of amides is 2. The molecule has 2 aromatic rings. The molecule has 1 aliphatic heterocycles. The molecule has 0 saturated heterocycles. The second-order valence-electron chi connectivity index (χ2n) is 8.81. The lowest BCUT2D eigenvalue weighted by Gasteiger charge is -2.18. The number of rotatable bonds is 12. The lowest BCUT2D eigenvalue weighted by molar-refractivity contribution is -0.110. The molecule has 0 atom stereocenters. The third-order valence-electron chi connectivity index (χ3n) is 6.48. The van der Waals surface area contributed by atoms with Gasteiger partial charge in [-0.05, 0) is 56.8 Å². The van der Waals surface area contributed by atoms with Gasteiger partial charge in [0, 0.05) is 36.6 Å². The molecule has 2 heterocycles. The van der Waals surface area contributed by atoms with Crippen molar-refractivity contribution in [3.8, 4) is 0 Å². The Hall–Kier alpha value is -3.54. The molecular formula is C27H36FN5O5. The molecule has 206 valence electrons. The predicted molar refractivity (Wildman–Crippen MR) is 144 cm³/mol. The van der Waals surface area contributed by atoms with E-state index in [9.17, 15) is 18.8 Å². The van der Waals surface area contributed by atoms with E-state index in [0.717, 1.165) is 13.1 Å². The molecule has 0 fully saturated rings. The maximum absolute atomic E-state index is 14.0. The number of aromatic nitrogens is 1. The van der Waals surface area contributed by atoms with Crippen LogP contribution in [-0.2, 0) is 14.3 Å². The molecule has 1 aromatic heterocycles. The normalized spacial score (nSPS) is 13.7. The Morgan fingerprint density at radius 1 is 1.18 bits per heavy atom. The molecule has 1 aliphatic rings. The van der Waals surface area contributed by atoms with Crippen LogP contribution in [0, 0.1) is 19.7 Å². The van der Waals surface area contributed by atoms with E-state index in [0.29, 0.717) is 60.0 Å². The maximum atomic E-state index is 14.0. The zero-order valence-corrected chi connectivity index (χ0v) is 22.4. The van der Waals surface area contributed by atoms with Crippen LogP contribution in [0.15, 0.2) is 18.2 Å². The molecule has 1 aromatic carbocycles. The minimum Gasteiger partial charge on any atom is -0.446 e. The summed E-state index contributed by atoms with van der Waals surface area (Å²) in [5.41, 5.74) is 7.87. The summed E-state index contributed by atoms with van der Waals surface area (Å²) in [4.78, 5) is 41.4. The van der Waals surface area contributed by atoms with Crippen molar-refractivity contribution >= 4 is 35.2 Å². The van der Waals surface area contributed by atoms with Gasteiger partial charge in [0.15, 0.2) is 0 Å². The SMILES string of the molecule is CCN(CC)CCNC(=O)c1c(C)c(C=C2C(=O)Nc3ccc(F)cc32)n(C(=O)OCCOCCN)c1C. The van der Waals surface area contributed by atoms with E-state index in [-0.39, 0.29) is 24.7 Å². The fourth-order valence-corrected chi connectivity index (χ4v) is 4.44. The summed E-state index contributed by atoms with van der Waals surface area (Å²) in [5, 5.41) is 5.62. The highest BCUT2D eigenvalue weighted by atomic mass is 19.1. The van der Waals surface area contributed by atoms with Crippen molar-refractivity contribution in [1.82, 2.24) is 14.8 Å². The van der Waals surface area contributed by atoms with Crippen molar-refractivity contribution in [3.05, 3.63) is 52.1 Å². The molecule has 0 spiro atoms. The fourth-order valence-electron chi connectivity index (χ4n) is 4.44. The van der Waals surface area contributed by atoms with Crippen LogP contribution < -0.4 is 16.4 Å². The molecule has 3 rings (SSSR count). The van der Waals surface area contributed by atoms with Gasteiger partial charge >= 0.3 is 6.09 Å². The number of fused-ring (bicyclic) bond motifs is 1. The minimum absolute atomic E-state index is 0.0224. The number of ether oxygens (including phenoxy) is 2. The Kier molecular flexibility index (Phi) is 10.2. The Morgan fingerprint density at radius 2 is 1.92 bits per heavy atom. The summed E-state index contributed by atoms with van der Waals surface area (Å²) >= 11 is 0. The second-order valence-corrected chi connectivity index (χ2v) is 8.81. The number of nitrogens with one attached hydrogen (secondary N) is 2. The zero-order valence-electron chi connectivity index (χ0n) is 22.4. The van der Waals surface area contributed by atoms with E-state index in [4.69, 9.17) is 15.2 Å². The zero-order chi connectivity index (χ0) is 27.8. The number of halogens is 1. The number of hydrogen-bond donors (Lipinski definition) is 3. The Balaban J connectivity index is 1.99. The third-order valence-corrected chi connectivity index (χ3v) is 6.48. The average molecular weight is 530 g/mol. The van der Waals surface area contributed by atoms with E-state index < -0.39 is 17.8 Å². The quantitative estimate of drug-likeness (QED) is 0.285. The van der Waals surface area contributed by atoms with Gasteiger partial charge in [-0.2, -0.15) is 0 Å². The first-order valence-corrected chi connectivity index (χ1v) is 12.7. The minimum atomic E-state index is -0.728. The number of carbonyl (C=O) groups is 3. The molecule has 2 amide bonds. The highest BCUT2D eigenvalue weighted by Crippen LogP contribution is 2.35. The predicted octanol–water partition coefficient (Wildman–Crippen LogP) is 2.77. The standard InChI is InChI=1S/C27H36FN5O5/c1-5-32(6-2)11-10-30-26(35)24-17(3)23(33(18(24)4)27(36)38-14-13-37-12-9-29)16-21-20-15-19(28)7-8-22(20)31-25(21)34/h7-8,15-16H,5-6,9-14,29H2,1-4H3,(H,30,35)(H,31,34). The molecule has 4 N–H and O–H groups in total. The van der Waals surface area contributed by atoms with Crippen LogP contribution in [0.25, 0.3) is 11.6 Å². The number of hydrogen-bond acceptors (Lipinski definition) is 7. The van der Waals surface area contributed by atoms with Gasteiger partial charge in [0.1, 0.15) is 12.4 Å². The molecule has 0 saturated carbocycles. The van der Waals surface area contributed by atoms with Crippen LogP contribution in [0.3, 0.4) is 0 Å². The lowest BCUT2D eigenvalue weighted by Crippen LogP contribution is -2.35. The highest BCUT2D eigenvalue weighted by molar-refractivity contribution is 6.35. The van der Waals surface area contributed by atoms with Crippen LogP contribution in [0.5, 0.6) is 0 Å². The summed E-state index contributed by atoms with van der Waals surface area (Å²) in [6.07, 6.45) is 0.760. The van der Waals surface area contributed by atoms with Gasteiger partial charge in [-0.25, -0.2) is 13.8 Å². The summed E-state index contributed by atoms with van der Waals surface area (Å²) in [7, 11) is 0. The van der Waals surface area contributed by atoms with Gasteiger partial charge in [-0.15, -0.1) is 0 Å². The highest BCUT2D eigenvalue weighted by Gasteiger charge is 2.29. The third kappa shape index (κ3) is 6.47. The smallest absolute Gasteiger partial charge is 0.418 e. The first-order chi connectivity index (χ1) is 18.2.